The third-order valence-electron chi connectivity index (χ3n) is 5.37. The van der Waals surface area contributed by atoms with E-state index in [1.807, 2.05) is 17.0 Å². The van der Waals surface area contributed by atoms with Gasteiger partial charge in [0.25, 0.3) is 11.6 Å². The molecular weight excluding hydrogens is 344 g/mol. The van der Waals surface area contributed by atoms with Crippen LogP contribution in [0.3, 0.4) is 0 Å². The topological polar surface area (TPSA) is 79.6 Å². The molecule has 2 aliphatic rings. The van der Waals surface area contributed by atoms with Gasteiger partial charge in [0.1, 0.15) is 5.82 Å². The number of non-ortho nitro benzene ring substituents is 1. The van der Waals surface area contributed by atoms with Crippen molar-refractivity contribution in [3.8, 4) is 0 Å². The highest BCUT2D eigenvalue weighted by molar-refractivity contribution is 5.99. The van der Waals surface area contributed by atoms with Gasteiger partial charge in [0.15, 0.2) is 0 Å². The number of anilines is 1. The van der Waals surface area contributed by atoms with Gasteiger partial charge in [0, 0.05) is 44.5 Å². The summed E-state index contributed by atoms with van der Waals surface area (Å²) in [4.78, 5) is 32.2. The van der Waals surface area contributed by atoms with Crippen LogP contribution in [-0.2, 0) is 13.0 Å². The second kappa shape index (κ2) is 7.34. The maximum atomic E-state index is 13.0. The molecule has 0 unspecified atom stereocenters. The number of nitrogens with zero attached hydrogens (tertiary/aromatic N) is 4. The number of aromatic nitrogens is 1. The van der Waals surface area contributed by atoms with Crippen LogP contribution < -0.4 is 4.90 Å². The summed E-state index contributed by atoms with van der Waals surface area (Å²) in [5.41, 5.74) is 2.77. The molecule has 0 radical (unpaired) electrons. The lowest BCUT2D eigenvalue weighted by Crippen LogP contribution is -2.38. The molecule has 1 fully saturated rings. The second-order valence-corrected chi connectivity index (χ2v) is 7.11. The monoisotopic (exact) mass is 366 g/mol. The molecule has 3 heterocycles. The van der Waals surface area contributed by atoms with E-state index in [0.29, 0.717) is 17.9 Å². The molecular formula is C20H22N4O3. The highest BCUT2D eigenvalue weighted by atomic mass is 16.6. The van der Waals surface area contributed by atoms with Crippen molar-refractivity contribution in [2.45, 2.75) is 32.2 Å². The van der Waals surface area contributed by atoms with E-state index in [9.17, 15) is 14.9 Å². The third kappa shape index (κ3) is 3.49. The van der Waals surface area contributed by atoms with Crippen LogP contribution in [0.5, 0.6) is 0 Å². The molecule has 7 heteroatoms. The van der Waals surface area contributed by atoms with E-state index in [1.54, 1.807) is 24.4 Å². The third-order valence-corrected chi connectivity index (χ3v) is 5.37. The van der Waals surface area contributed by atoms with E-state index in [-0.39, 0.29) is 16.5 Å². The number of pyridine rings is 1. The fourth-order valence-electron chi connectivity index (χ4n) is 3.92. The minimum atomic E-state index is -0.370. The molecule has 0 saturated carbocycles. The van der Waals surface area contributed by atoms with Crippen LogP contribution in [0.15, 0.2) is 36.5 Å². The zero-order chi connectivity index (χ0) is 18.8. The molecule has 140 valence electrons. The first-order valence-electron chi connectivity index (χ1n) is 9.39. The first-order chi connectivity index (χ1) is 13.1. The number of nitro benzene ring substituents is 1. The Morgan fingerprint density at radius 2 is 1.89 bits per heavy atom. The lowest BCUT2D eigenvalue weighted by molar-refractivity contribution is -0.384. The smallest absolute Gasteiger partial charge is 0.269 e. The van der Waals surface area contributed by atoms with Crippen LogP contribution in [0.2, 0.25) is 0 Å². The molecule has 1 saturated heterocycles. The predicted molar refractivity (Wildman–Crippen MR) is 102 cm³/mol. The zero-order valence-corrected chi connectivity index (χ0v) is 15.1. The molecule has 27 heavy (non-hydrogen) atoms. The lowest BCUT2D eigenvalue weighted by Gasteiger charge is -2.32. The molecule has 1 amide bonds. The van der Waals surface area contributed by atoms with Gasteiger partial charge in [-0.05, 0) is 48.9 Å². The molecule has 1 aromatic heterocycles. The Bertz CT molecular complexity index is 877. The first-order valence-corrected chi connectivity index (χ1v) is 9.39. The maximum absolute atomic E-state index is 13.0. The van der Waals surface area contributed by atoms with E-state index in [4.69, 9.17) is 0 Å². The SMILES string of the molecule is O=C(c1cccnc1N1CCc2ccc([N+](=O)[O-])cc2C1)N1CCCCC1. The summed E-state index contributed by atoms with van der Waals surface area (Å²) in [6.07, 6.45) is 5.74. The van der Waals surface area contributed by atoms with Gasteiger partial charge in [-0.1, -0.05) is 6.07 Å². The molecule has 1 aromatic carbocycles. The van der Waals surface area contributed by atoms with Gasteiger partial charge in [0.2, 0.25) is 0 Å². The predicted octanol–water partition coefficient (Wildman–Crippen LogP) is 3.18. The van der Waals surface area contributed by atoms with Crippen LogP contribution in [0, 0.1) is 10.1 Å². The van der Waals surface area contributed by atoms with Gasteiger partial charge in [-0.2, -0.15) is 0 Å². The summed E-state index contributed by atoms with van der Waals surface area (Å²) >= 11 is 0. The van der Waals surface area contributed by atoms with Crippen molar-refractivity contribution in [3.05, 3.63) is 63.3 Å². The van der Waals surface area contributed by atoms with Gasteiger partial charge in [-0.25, -0.2) is 4.98 Å². The molecule has 0 N–H and O–H groups in total. The first kappa shape index (κ1) is 17.5. The lowest BCUT2D eigenvalue weighted by atomic mass is 9.98. The van der Waals surface area contributed by atoms with Crippen molar-refractivity contribution in [1.82, 2.24) is 9.88 Å². The fourth-order valence-corrected chi connectivity index (χ4v) is 3.92. The maximum Gasteiger partial charge on any atom is 0.269 e. The van der Waals surface area contributed by atoms with E-state index in [1.165, 1.54) is 6.42 Å². The molecule has 0 aliphatic carbocycles. The largest absolute Gasteiger partial charge is 0.351 e. The molecule has 0 spiro atoms. The molecule has 2 aliphatic heterocycles. The average molecular weight is 366 g/mol. The zero-order valence-electron chi connectivity index (χ0n) is 15.1. The molecule has 0 bridgehead atoms. The number of rotatable bonds is 3. The number of likely N-dealkylation sites (tertiary alicyclic amines) is 1. The molecule has 7 nitrogen and oxygen atoms in total. The quantitative estimate of drug-likeness (QED) is 0.616. The number of fused-ring (bicyclic) bond motifs is 1. The Labute approximate surface area is 157 Å². The number of amides is 1. The van der Waals surface area contributed by atoms with Gasteiger partial charge in [-0.3, -0.25) is 14.9 Å². The summed E-state index contributed by atoms with van der Waals surface area (Å²) in [7, 11) is 0. The molecule has 4 rings (SSSR count). The number of hydrogen-bond acceptors (Lipinski definition) is 5. The Morgan fingerprint density at radius 3 is 2.67 bits per heavy atom. The highest BCUT2D eigenvalue weighted by Gasteiger charge is 2.26. The molecule has 0 atom stereocenters. The second-order valence-electron chi connectivity index (χ2n) is 7.11. The van der Waals surface area contributed by atoms with E-state index < -0.39 is 0 Å². The standard InChI is InChI=1S/C20H22N4O3/c25-20(22-10-2-1-3-11-22)18-5-4-9-21-19(18)23-12-8-15-6-7-17(24(26)27)13-16(15)14-23/h4-7,9,13H,1-3,8,10-12,14H2. The summed E-state index contributed by atoms with van der Waals surface area (Å²) in [5, 5.41) is 11.1. The van der Waals surface area contributed by atoms with Crippen LogP contribution in [0.4, 0.5) is 11.5 Å². The Morgan fingerprint density at radius 1 is 1.07 bits per heavy atom. The van der Waals surface area contributed by atoms with E-state index in [2.05, 4.69) is 9.88 Å². The summed E-state index contributed by atoms with van der Waals surface area (Å²) in [6.45, 7) is 2.85. The van der Waals surface area contributed by atoms with Crippen molar-refractivity contribution in [2.24, 2.45) is 0 Å². The van der Waals surface area contributed by atoms with Gasteiger partial charge in [-0.15, -0.1) is 0 Å². The minimum absolute atomic E-state index is 0.0302. The number of hydrogen-bond donors (Lipinski definition) is 0. The summed E-state index contributed by atoms with van der Waals surface area (Å²) in [5.74, 6) is 0.702. The van der Waals surface area contributed by atoms with Crippen molar-refractivity contribution >= 4 is 17.4 Å². The van der Waals surface area contributed by atoms with Crippen molar-refractivity contribution in [2.75, 3.05) is 24.5 Å². The van der Waals surface area contributed by atoms with Crippen molar-refractivity contribution < 1.29 is 9.72 Å². The minimum Gasteiger partial charge on any atom is -0.351 e. The van der Waals surface area contributed by atoms with Gasteiger partial charge in [0.05, 0.1) is 10.5 Å². The van der Waals surface area contributed by atoms with Gasteiger partial charge >= 0.3 is 0 Å². The van der Waals surface area contributed by atoms with Gasteiger partial charge < -0.3 is 9.80 Å². The van der Waals surface area contributed by atoms with Crippen molar-refractivity contribution in [3.63, 3.8) is 0 Å². The number of nitro groups is 1. The summed E-state index contributed by atoms with van der Waals surface area (Å²) < 4.78 is 0. The van der Waals surface area contributed by atoms with Crippen molar-refractivity contribution in [1.29, 1.82) is 0 Å². The highest BCUT2D eigenvalue weighted by Crippen LogP contribution is 2.29. The van der Waals surface area contributed by atoms with Crippen LogP contribution >= 0.6 is 0 Å². The number of carbonyl (C=O) groups excluding carboxylic acids is 1. The fraction of sp³-hybridized carbons (Fsp3) is 0.400. The number of carbonyl (C=O) groups is 1. The van der Waals surface area contributed by atoms with Crippen LogP contribution in [-0.4, -0.2) is 40.3 Å². The Kier molecular flexibility index (Phi) is 4.75. The van der Waals surface area contributed by atoms with Crippen LogP contribution in [0.1, 0.15) is 40.7 Å². The van der Waals surface area contributed by atoms with E-state index in [0.717, 1.165) is 50.0 Å². The Hall–Kier alpha value is -2.96. The van der Waals surface area contributed by atoms with E-state index >= 15 is 0 Å². The normalized spacial score (nSPS) is 16.7. The number of benzene rings is 1. The number of piperidine rings is 1. The Balaban J connectivity index is 1.62. The molecule has 2 aromatic rings. The summed E-state index contributed by atoms with van der Waals surface area (Å²) in [6, 6.07) is 8.66. The van der Waals surface area contributed by atoms with Crippen LogP contribution in [0.25, 0.3) is 0 Å². The average Bonchev–Trinajstić information content (AvgIpc) is 2.73.